The van der Waals surface area contributed by atoms with Crippen LogP contribution in [0.3, 0.4) is 0 Å². The van der Waals surface area contributed by atoms with E-state index in [2.05, 4.69) is 15.5 Å². The minimum atomic E-state index is -0.526. The highest BCUT2D eigenvalue weighted by atomic mass is 16.6. The van der Waals surface area contributed by atoms with Crippen LogP contribution in [0, 0.1) is 0 Å². The number of nitrogens with one attached hydrogen (secondary N) is 1. The van der Waals surface area contributed by atoms with Gasteiger partial charge in [-0.25, -0.2) is 4.79 Å². The van der Waals surface area contributed by atoms with E-state index in [1.807, 2.05) is 39.0 Å². The highest BCUT2D eigenvalue weighted by Gasteiger charge is 2.27. The minimum Gasteiger partial charge on any atom is -0.444 e. The van der Waals surface area contributed by atoms with Crippen molar-refractivity contribution in [2.75, 3.05) is 5.32 Å². The number of hydrogen-bond donors (Lipinski definition) is 1. The molecule has 2 amide bonds. The van der Waals surface area contributed by atoms with E-state index in [1.54, 1.807) is 17.0 Å². The molecule has 0 radical (unpaired) electrons. The predicted octanol–water partition coefficient (Wildman–Crippen LogP) is 2.98. The number of carbonyl (C=O) groups excluding carboxylic acids is 2. The lowest BCUT2D eigenvalue weighted by molar-refractivity contribution is 0.0241. The Bertz CT molecular complexity index is 800. The van der Waals surface area contributed by atoms with E-state index in [0.29, 0.717) is 18.8 Å². The standard InChI is InChI=1S/C18H20N4O3/c1-18(2,3)25-17(24)22-10-12-6-7-14(9-13(12)11-22)20-16(23)15-5-4-8-19-21-15/h4-9H,10-11H2,1-3H3,(H,20,23). The summed E-state index contributed by atoms with van der Waals surface area (Å²) in [5.74, 6) is -0.324. The van der Waals surface area contributed by atoms with Crippen molar-refractivity contribution >= 4 is 17.7 Å². The number of benzene rings is 1. The lowest BCUT2D eigenvalue weighted by Gasteiger charge is -2.24. The van der Waals surface area contributed by atoms with Crippen LogP contribution in [0.1, 0.15) is 42.4 Å². The van der Waals surface area contributed by atoms with Crippen LogP contribution in [0.4, 0.5) is 10.5 Å². The number of aromatic nitrogens is 2. The van der Waals surface area contributed by atoms with Crippen molar-refractivity contribution in [1.82, 2.24) is 15.1 Å². The first-order valence-corrected chi connectivity index (χ1v) is 8.00. The van der Waals surface area contributed by atoms with Gasteiger partial charge < -0.3 is 10.1 Å². The van der Waals surface area contributed by atoms with E-state index in [4.69, 9.17) is 4.74 Å². The van der Waals surface area contributed by atoms with E-state index >= 15 is 0 Å². The molecule has 0 aliphatic carbocycles. The molecule has 0 bridgehead atoms. The van der Waals surface area contributed by atoms with Gasteiger partial charge in [-0.2, -0.15) is 5.10 Å². The van der Waals surface area contributed by atoms with Gasteiger partial charge in [0.2, 0.25) is 0 Å². The van der Waals surface area contributed by atoms with Crippen molar-refractivity contribution in [3.8, 4) is 0 Å². The minimum absolute atomic E-state index is 0.248. The lowest BCUT2D eigenvalue weighted by atomic mass is 10.1. The molecule has 0 unspecified atom stereocenters. The fraction of sp³-hybridized carbons (Fsp3) is 0.333. The molecule has 2 heterocycles. The smallest absolute Gasteiger partial charge is 0.410 e. The third kappa shape index (κ3) is 4.12. The molecule has 1 aliphatic rings. The van der Waals surface area contributed by atoms with Crippen LogP contribution in [0.5, 0.6) is 0 Å². The third-order valence-electron chi connectivity index (χ3n) is 3.64. The Balaban J connectivity index is 1.68. The van der Waals surface area contributed by atoms with Crippen LogP contribution in [-0.4, -0.2) is 32.7 Å². The van der Waals surface area contributed by atoms with Crippen LogP contribution in [0.25, 0.3) is 0 Å². The van der Waals surface area contributed by atoms with Crippen molar-refractivity contribution in [3.05, 3.63) is 53.3 Å². The molecule has 0 saturated carbocycles. The van der Waals surface area contributed by atoms with Gasteiger partial charge in [-0.15, -0.1) is 5.10 Å². The normalized spacial score (nSPS) is 13.3. The molecule has 0 fully saturated rings. The number of hydrogen-bond acceptors (Lipinski definition) is 5. The fourth-order valence-corrected chi connectivity index (χ4v) is 2.55. The second-order valence-electron chi connectivity index (χ2n) is 6.88. The number of anilines is 1. The van der Waals surface area contributed by atoms with Gasteiger partial charge in [-0.3, -0.25) is 9.69 Å². The van der Waals surface area contributed by atoms with E-state index < -0.39 is 5.60 Å². The number of nitrogens with zero attached hydrogens (tertiary/aromatic N) is 3. The number of rotatable bonds is 2. The molecule has 1 aromatic heterocycles. The van der Waals surface area contributed by atoms with Gasteiger partial charge in [0.25, 0.3) is 5.91 Å². The number of fused-ring (bicyclic) bond motifs is 1. The summed E-state index contributed by atoms with van der Waals surface area (Å²) in [7, 11) is 0. The second-order valence-corrected chi connectivity index (χ2v) is 6.88. The first-order valence-electron chi connectivity index (χ1n) is 8.00. The second kappa shape index (κ2) is 6.51. The van der Waals surface area contributed by atoms with Crippen LogP contribution >= 0.6 is 0 Å². The van der Waals surface area contributed by atoms with Gasteiger partial charge in [-0.05, 0) is 56.2 Å². The molecule has 1 aromatic carbocycles. The van der Waals surface area contributed by atoms with Gasteiger partial charge in [0.1, 0.15) is 5.60 Å². The van der Waals surface area contributed by atoms with Crippen molar-refractivity contribution in [2.45, 2.75) is 39.5 Å². The lowest BCUT2D eigenvalue weighted by Crippen LogP contribution is -2.33. The van der Waals surface area contributed by atoms with Gasteiger partial charge >= 0.3 is 6.09 Å². The molecule has 0 spiro atoms. The van der Waals surface area contributed by atoms with Crippen molar-refractivity contribution in [2.24, 2.45) is 0 Å². The molecule has 7 nitrogen and oxygen atoms in total. The SMILES string of the molecule is CC(C)(C)OC(=O)N1Cc2ccc(NC(=O)c3cccnn3)cc2C1. The fourth-order valence-electron chi connectivity index (χ4n) is 2.55. The predicted molar refractivity (Wildman–Crippen MR) is 91.9 cm³/mol. The van der Waals surface area contributed by atoms with E-state index in [-0.39, 0.29) is 17.7 Å². The molecule has 1 aliphatic heterocycles. The van der Waals surface area contributed by atoms with Crippen LogP contribution in [-0.2, 0) is 17.8 Å². The van der Waals surface area contributed by atoms with Crippen molar-refractivity contribution in [3.63, 3.8) is 0 Å². The highest BCUT2D eigenvalue weighted by molar-refractivity contribution is 6.02. The average Bonchev–Trinajstić information content (AvgIpc) is 2.97. The Kier molecular flexibility index (Phi) is 4.39. The quantitative estimate of drug-likeness (QED) is 0.908. The van der Waals surface area contributed by atoms with Gasteiger partial charge in [0, 0.05) is 25.0 Å². The third-order valence-corrected chi connectivity index (χ3v) is 3.64. The Morgan fingerprint density at radius 1 is 1.16 bits per heavy atom. The van der Waals surface area contributed by atoms with E-state index in [1.165, 1.54) is 6.20 Å². The summed E-state index contributed by atoms with van der Waals surface area (Å²) in [5.41, 5.74) is 2.41. The first kappa shape index (κ1) is 16.9. The highest BCUT2D eigenvalue weighted by Crippen LogP contribution is 2.27. The molecular formula is C18H20N4O3. The van der Waals surface area contributed by atoms with Gasteiger partial charge in [0.15, 0.2) is 5.69 Å². The summed E-state index contributed by atoms with van der Waals surface area (Å²) < 4.78 is 5.41. The van der Waals surface area contributed by atoms with Crippen molar-refractivity contribution < 1.29 is 14.3 Å². The Labute approximate surface area is 146 Å². The molecule has 130 valence electrons. The van der Waals surface area contributed by atoms with E-state index in [0.717, 1.165) is 11.1 Å². The summed E-state index contributed by atoms with van der Waals surface area (Å²) in [6, 6.07) is 8.84. The van der Waals surface area contributed by atoms with E-state index in [9.17, 15) is 9.59 Å². The summed E-state index contributed by atoms with van der Waals surface area (Å²) in [6.07, 6.45) is 1.17. The molecule has 0 atom stereocenters. The van der Waals surface area contributed by atoms with Gasteiger partial charge in [0.05, 0.1) is 0 Å². The molecule has 0 saturated heterocycles. The average molecular weight is 340 g/mol. The van der Waals surface area contributed by atoms with Crippen LogP contribution in [0.2, 0.25) is 0 Å². The molecule has 25 heavy (non-hydrogen) atoms. The summed E-state index contributed by atoms with van der Waals surface area (Å²) in [6.45, 7) is 6.48. The molecule has 7 heteroatoms. The summed E-state index contributed by atoms with van der Waals surface area (Å²) in [4.78, 5) is 26.0. The molecule has 2 aromatic rings. The van der Waals surface area contributed by atoms with Crippen LogP contribution < -0.4 is 5.32 Å². The van der Waals surface area contributed by atoms with Gasteiger partial charge in [-0.1, -0.05) is 6.07 Å². The number of ether oxygens (including phenoxy) is 1. The Hall–Kier alpha value is -2.96. The first-order chi connectivity index (χ1) is 11.8. The topological polar surface area (TPSA) is 84.4 Å². The number of carbonyl (C=O) groups is 2. The molecule has 1 N–H and O–H groups in total. The maximum Gasteiger partial charge on any atom is 0.410 e. The summed E-state index contributed by atoms with van der Waals surface area (Å²) in [5, 5.41) is 10.3. The molecule has 3 rings (SSSR count). The largest absolute Gasteiger partial charge is 0.444 e. The Morgan fingerprint density at radius 2 is 1.92 bits per heavy atom. The zero-order chi connectivity index (χ0) is 18.0. The number of amides is 2. The zero-order valence-electron chi connectivity index (χ0n) is 14.4. The van der Waals surface area contributed by atoms with Crippen molar-refractivity contribution in [1.29, 1.82) is 0 Å². The maximum atomic E-state index is 12.2. The summed E-state index contributed by atoms with van der Waals surface area (Å²) >= 11 is 0. The monoisotopic (exact) mass is 340 g/mol. The van der Waals surface area contributed by atoms with Crippen LogP contribution in [0.15, 0.2) is 36.5 Å². The zero-order valence-corrected chi connectivity index (χ0v) is 14.4. The maximum absolute atomic E-state index is 12.2. The Morgan fingerprint density at radius 3 is 2.60 bits per heavy atom. The molecular weight excluding hydrogens is 320 g/mol.